The van der Waals surface area contributed by atoms with E-state index in [0.717, 1.165) is 38.8 Å². The summed E-state index contributed by atoms with van der Waals surface area (Å²) in [6, 6.07) is 22.5. The smallest absolute Gasteiger partial charge is 0.203 e. The number of aryl methyl sites for hydroxylation is 1. The summed E-state index contributed by atoms with van der Waals surface area (Å²) in [5.41, 5.74) is 5.30. The van der Waals surface area contributed by atoms with E-state index < -0.39 is 0 Å². The molecule has 2 aromatic carbocycles. The lowest BCUT2D eigenvalue weighted by atomic mass is 10.2. The molecule has 0 fully saturated rings. The zero-order valence-electron chi connectivity index (χ0n) is 15.4. The van der Waals surface area contributed by atoms with Gasteiger partial charge in [0.2, 0.25) is 5.95 Å². The number of fused-ring (bicyclic) bond motifs is 1. The van der Waals surface area contributed by atoms with E-state index in [1.165, 1.54) is 0 Å². The molecule has 5 rings (SSSR count). The lowest BCUT2D eigenvalue weighted by molar-refractivity contribution is 0.883. The molecule has 3 aromatic heterocycles. The number of nitrogens with one attached hydrogen (secondary N) is 1. The Balaban J connectivity index is 1.50. The second-order valence-corrected chi connectivity index (χ2v) is 7.54. The topological polar surface area (TPSA) is 47.7 Å². The standard InChI is InChI=1S/C22H19N5S/c1-26-19-11-6-5-10-18(19)24-22(26)23-14-16-15-27(17-8-3-2-4-9-17)25-21(16)20-12-7-13-28-20/h2-13,15H,14H2,1H3,(H,23,24). The average Bonchev–Trinajstić information content (AvgIpc) is 3.46. The molecule has 0 unspecified atom stereocenters. The Morgan fingerprint density at radius 1 is 0.964 bits per heavy atom. The molecule has 1 N–H and O–H groups in total. The van der Waals surface area contributed by atoms with E-state index in [1.807, 2.05) is 48.1 Å². The minimum atomic E-state index is 0.650. The van der Waals surface area contributed by atoms with Crippen LogP contribution in [0.3, 0.4) is 0 Å². The molecule has 0 aliphatic heterocycles. The lowest BCUT2D eigenvalue weighted by Crippen LogP contribution is -2.05. The largest absolute Gasteiger partial charge is 0.351 e. The van der Waals surface area contributed by atoms with E-state index in [9.17, 15) is 0 Å². The highest BCUT2D eigenvalue weighted by Gasteiger charge is 2.14. The number of para-hydroxylation sites is 3. The molecular formula is C22H19N5S. The summed E-state index contributed by atoms with van der Waals surface area (Å²) >= 11 is 1.70. The van der Waals surface area contributed by atoms with Crippen LogP contribution in [-0.4, -0.2) is 19.3 Å². The summed E-state index contributed by atoms with van der Waals surface area (Å²) in [6.07, 6.45) is 2.10. The number of anilines is 1. The van der Waals surface area contributed by atoms with Gasteiger partial charge in [-0.1, -0.05) is 36.4 Å². The van der Waals surface area contributed by atoms with Crippen LogP contribution >= 0.6 is 11.3 Å². The maximum Gasteiger partial charge on any atom is 0.203 e. The van der Waals surface area contributed by atoms with Gasteiger partial charge in [-0.15, -0.1) is 11.3 Å². The van der Waals surface area contributed by atoms with Crippen LogP contribution in [0.25, 0.3) is 27.3 Å². The Kier molecular flexibility index (Phi) is 4.18. The van der Waals surface area contributed by atoms with E-state index in [0.29, 0.717) is 6.54 Å². The van der Waals surface area contributed by atoms with Crippen molar-refractivity contribution in [3.63, 3.8) is 0 Å². The fourth-order valence-electron chi connectivity index (χ4n) is 3.35. The first-order chi connectivity index (χ1) is 13.8. The van der Waals surface area contributed by atoms with Crippen LogP contribution < -0.4 is 5.32 Å². The van der Waals surface area contributed by atoms with Gasteiger partial charge < -0.3 is 9.88 Å². The first kappa shape index (κ1) is 16.8. The molecule has 138 valence electrons. The zero-order valence-corrected chi connectivity index (χ0v) is 16.2. The third-order valence-corrected chi connectivity index (χ3v) is 5.67. The SMILES string of the molecule is Cn1c(NCc2cn(-c3ccccc3)nc2-c2cccs2)nc2ccccc21. The maximum atomic E-state index is 4.86. The number of imidazole rings is 1. The van der Waals surface area contributed by atoms with Crippen LogP contribution in [0.4, 0.5) is 5.95 Å². The lowest BCUT2D eigenvalue weighted by Gasteiger charge is -2.06. The van der Waals surface area contributed by atoms with E-state index in [4.69, 9.17) is 10.1 Å². The number of hydrogen-bond donors (Lipinski definition) is 1. The fraction of sp³-hybridized carbons (Fsp3) is 0.0909. The van der Waals surface area contributed by atoms with Crippen LogP contribution in [0.15, 0.2) is 78.3 Å². The molecule has 0 aliphatic rings. The van der Waals surface area contributed by atoms with Crippen LogP contribution in [0.5, 0.6) is 0 Å². The zero-order chi connectivity index (χ0) is 18.9. The highest BCUT2D eigenvalue weighted by molar-refractivity contribution is 7.13. The first-order valence-electron chi connectivity index (χ1n) is 9.13. The van der Waals surface area contributed by atoms with Crippen LogP contribution in [0.1, 0.15) is 5.56 Å². The van der Waals surface area contributed by atoms with Crippen molar-refractivity contribution >= 4 is 28.3 Å². The van der Waals surface area contributed by atoms with Gasteiger partial charge in [0.15, 0.2) is 0 Å². The van der Waals surface area contributed by atoms with E-state index in [1.54, 1.807) is 11.3 Å². The number of benzene rings is 2. The first-order valence-corrected chi connectivity index (χ1v) is 10.0. The van der Waals surface area contributed by atoms with E-state index in [-0.39, 0.29) is 0 Å². The molecule has 0 aliphatic carbocycles. The summed E-state index contributed by atoms with van der Waals surface area (Å²) in [5.74, 6) is 0.853. The average molecular weight is 385 g/mol. The minimum Gasteiger partial charge on any atom is -0.351 e. The number of rotatable bonds is 5. The minimum absolute atomic E-state index is 0.650. The number of thiophene rings is 1. The highest BCUT2D eigenvalue weighted by Crippen LogP contribution is 2.28. The normalized spacial score (nSPS) is 11.2. The van der Waals surface area contributed by atoms with Crippen molar-refractivity contribution < 1.29 is 0 Å². The van der Waals surface area contributed by atoms with Gasteiger partial charge in [-0.3, -0.25) is 0 Å². The summed E-state index contributed by atoms with van der Waals surface area (Å²) in [6.45, 7) is 0.650. The monoisotopic (exact) mass is 385 g/mol. The molecule has 0 saturated carbocycles. The van der Waals surface area contributed by atoms with Gasteiger partial charge in [-0.25, -0.2) is 9.67 Å². The molecule has 0 radical (unpaired) electrons. The summed E-state index contributed by atoms with van der Waals surface area (Å²) < 4.78 is 4.03. The molecule has 6 heteroatoms. The van der Waals surface area contributed by atoms with Crippen molar-refractivity contribution in [3.05, 3.63) is 83.9 Å². The van der Waals surface area contributed by atoms with Gasteiger partial charge in [-0.05, 0) is 35.7 Å². The Bertz CT molecular complexity index is 1220. The maximum absolute atomic E-state index is 4.86. The fourth-order valence-corrected chi connectivity index (χ4v) is 4.10. The Labute approximate surface area is 166 Å². The third-order valence-electron chi connectivity index (χ3n) is 4.79. The van der Waals surface area contributed by atoms with Crippen molar-refractivity contribution in [2.24, 2.45) is 7.05 Å². The summed E-state index contributed by atoms with van der Waals surface area (Å²) in [4.78, 5) is 5.88. The summed E-state index contributed by atoms with van der Waals surface area (Å²) in [7, 11) is 2.03. The molecule has 0 bridgehead atoms. The molecule has 5 nitrogen and oxygen atoms in total. The van der Waals surface area contributed by atoms with Crippen molar-refractivity contribution in [2.75, 3.05) is 5.32 Å². The second kappa shape index (κ2) is 6.98. The number of nitrogens with zero attached hydrogens (tertiary/aromatic N) is 4. The number of aromatic nitrogens is 4. The summed E-state index contributed by atoms with van der Waals surface area (Å²) in [5, 5.41) is 10.4. The van der Waals surface area contributed by atoms with Crippen LogP contribution in [0.2, 0.25) is 0 Å². The molecule has 0 atom stereocenters. The molecule has 0 saturated heterocycles. The van der Waals surface area contributed by atoms with Gasteiger partial charge in [0.1, 0.15) is 5.69 Å². The molecule has 28 heavy (non-hydrogen) atoms. The van der Waals surface area contributed by atoms with Crippen LogP contribution in [-0.2, 0) is 13.6 Å². The molecule has 3 heterocycles. The van der Waals surface area contributed by atoms with Gasteiger partial charge in [0, 0.05) is 25.4 Å². The molecule has 0 spiro atoms. The van der Waals surface area contributed by atoms with E-state index in [2.05, 4.69) is 51.8 Å². The Hall–Kier alpha value is -3.38. The molecule has 0 amide bonds. The third kappa shape index (κ3) is 2.97. The highest BCUT2D eigenvalue weighted by atomic mass is 32.1. The van der Waals surface area contributed by atoms with Gasteiger partial charge >= 0.3 is 0 Å². The van der Waals surface area contributed by atoms with Crippen molar-refractivity contribution in [1.82, 2.24) is 19.3 Å². The molecular weight excluding hydrogens is 366 g/mol. The predicted octanol–water partition coefficient (Wildman–Crippen LogP) is 5.10. The molecule has 5 aromatic rings. The van der Waals surface area contributed by atoms with Crippen molar-refractivity contribution in [3.8, 4) is 16.3 Å². The van der Waals surface area contributed by atoms with Crippen molar-refractivity contribution in [1.29, 1.82) is 0 Å². The van der Waals surface area contributed by atoms with Gasteiger partial charge in [-0.2, -0.15) is 5.10 Å². The van der Waals surface area contributed by atoms with Crippen molar-refractivity contribution in [2.45, 2.75) is 6.54 Å². The van der Waals surface area contributed by atoms with Crippen LogP contribution in [0, 0.1) is 0 Å². The van der Waals surface area contributed by atoms with E-state index >= 15 is 0 Å². The quantitative estimate of drug-likeness (QED) is 0.458. The predicted molar refractivity (Wildman–Crippen MR) is 115 cm³/mol. The second-order valence-electron chi connectivity index (χ2n) is 6.60. The van der Waals surface area contributed by atoms with Gasteiger partial charge in [0.25, 0.3) is 0 Å². The Morgan fingerprint density at radius 3 is 2.57 bits per heavy atom. The number of hydrogen-bond acceptors (Lipinski definition) is 4. The van der Waals surface area contributed by atoms with Gasteiger partial charge in [0.05, 0.1) is 21.6 Å². The Morgan fingerprint density at radius 2 is 1.79 bits per heavy atom.